The third-order valence-electron chi connectivity index (χ3n) is 0.670. The Morgan fingerprint density at radius 2 is 2.50 bits per heavy atom. The molecule has 0 bridgehead atoms. The minimum Gasteiger partial charge on any atom is -0.605 e. The third-order valence-corrected chi connectivity index (χ3v) is 3.80. The Morgan fingerprint density at radius 3 is 2.67 bits per heavy atom. The molecule has 0 aromatic heterocycles. The van der Waals surface area contributed by atoms with E-state index in [1.54, 1.807) is 10.8 Å². The van der Waals surface area contributed by atoms with Gasteiger partial charge in [0.1, 0.15) is 5.75 Å². The Kier molecular flexibility index (Phi) is 1.68. The van der Waals surface area contributed by atoms with Crippen LogP contribution in [0.25, 0.3) is 0 Å². The smallest absolute Gasteiger partial charge is 0.119 e. The van der Waals surface area contributed by atoms with Crippen molar-refractivity contribution < 1.29 is 4.55 Å². The van der Waals surface area contributed by atoms with Crippen LogP contribution in [-0.4, -0.2) is 16.1 Å². The van der Waals surface area contributed by atoms with E-state index in [0.717, 1.165) is 17.9 Å². The molecule has 0 aliphatic carbocycles. The van der Waals surface area contributed by atoms with Crippen molar-refractivity contribution in [3.05, 3.63) is 0 Å². The molecule has 0 amide bonds. The van der Waals surface area contributed by atoms with Gasteiger partial charge >= 0.3 is 0 Å². The predicted octanol–water partition coefficient (Wildman–Crippen LogP) is 0.787. The second-order valence-electron chi connectivity index (χ2n) is 1.18. The summed E-state index contributed by atoms with van der Waals surface area (Å²) in [5.74, 6) is 2.03. The van der Waals surface area contributed by atoms with Crippen LogP contribution in [0.4, 0.5) is 0 Å². The molecule has 0 radical (unpaired) electrons. The van der Waals surface area contributed by atoms with E-state index >= 15 is 0 Å². The zero-order chi connectivity index (χ0) is 4.41. The molecule has 1 rings (SSSR count). The molecule has 1 saturated heterocycles. The zero-order valence-electron chi connectivity index (χ0n) is 3.35. The Balaban J connectivity index is 2.18. The Bertz CT molecular complexity index is 42.1. The van der Waals surface area contributed by atoms with E-state index in [1.165, 1.54) is 0 Å². The summed E-state index contributed by atoms with van der Waals surface area (Å²) in [6, 6.07) is 0. The maximum absolute atomic E-state index is 10.3. The normalized spacial score (nSPS) is 34.5. The molecule has 0 N–H and O–H groups in total. The third kappa shape index (κ3) is 1.06. The van der Waals surface area contributed by atoms with Gasteiger partial charge in [0, 0.05) is 22.4 Å². The quantitative estimate of drug-likeness (QED) is 0.350. The van der Waals surface area contributed by atoms with E-state index in [-0.39, 0.29) is 0 Å². The highest BCUT2D eigenvalue weighted by atomic mass is 33.1. The minimum absolute atomic E-state index is 0.506. The molecule has 0 spiro atoms. The molecule has 3 heteroatoms. The second-order valence-corrected chi connectivity index (χ2v) is 4.67. The highest BCUT2D eigenvalue weighted by Crippen LogP contribution is 2.22. The van der Waals surface area contributed by atoms with Crippen molar-refractivity contribution in [1.29, 1.82) is 0 Å². The van der Waals surface area contributed by atoms with Crippen LogP contribution in [0.2, 0.25) is 0 Å². The second kappa shape index (κ2) is 2.09. The van der Waals surface area contributed by atoms with E-state index in [4.69, 9.17) is 0 Å². The zero-order valence-corrected chi connectivity index (χ0v) is 4.98. The van der Waals surface area contributed by atoms with Crippen molar-refractivity contribution in [1.82, 2.24) is 0 Å². The average Bonchev–Trinajstić information content (AvgIpc) is 1.86. The maximum Gasteiger partial charge on any atom is 0.119 e. The monoisotopic (exact) mass is 122 g/mol. The average molecular weight is 122 g/mol. The molecule has 1 aliphatic heterocycles. The van der Waals surface area contributed by atoms with Gasteiger partial charge in [-0.15, -0.1) is 0 Å². The van der Waals surface area contributed by atoms with E-state index in [9.17, 15) is 4.55 Å². The van der Waals surface area contributed by atoms with Gasteiger partial charge in [0.15, 0.2) is 0 Å². The standard InChI is InChI=1S/C3H6OS2/c4-6-3-1-2-5-6/h1-3H2. The summed E-state index contributed by atoms with van der Waals surface area (Å²) in [5.41, 5.74) is 0. The Hall–Kier alpha value is 0.660. The molecule has 6 heavy (non-hydrogen) atoms. The molecule has 1 aliphatic rings. The lowest BCUT2D eigenvalue weighted by Crippen LogP contribution is -1.88. The molecular formula is C3H6OS2. The first-order valence-corrected chi connectivity index (χ1v) is 4.73. The Morgan fingerprint density at radius 1 is 1.67 bits per heavy atom. The number of hydrogen-bond acceptors (Lipinski definition) is 2. The van der Waals surface area contributed by atoms with Gasteiger partial charge in [-0.3, -0.25) is 0 Å². The summed E-state index contributed by atoms with van der Waals surface area (Å²) in [5, 5.41) is 0. The van der Waals surface area contributed by atoms with Crippen molar-refractivity contribution in [2.45, 2.75) is 6.42 Å². The molecule has 0 aromatic carbocycles. The van der Waals surface area contributed by atoms with Crippen molar-refractivity contribution >= 4 is 21.0 Å². The van der Waals surface area contributed by atoms with E-state index < -0.39 is 10.2 Å². The summed E-state index contributed by atoms with van der Waals surface area (Å²) < 4.78 is 10.3. The number of rotatable bonds is 0. The van der Waals surface area contributed by atoms with Crippen LogP contribution in [0.15, 0.2) is 0 Å². The van der Waals surface area contributed by atoms with Gasteiger partial charge in [0.25, 0.3) is 0 Å². The fourth-order valence-electron chi connectivity index (χ4n) is 0.388. The highest BCUT2D eigenvalue weighted by Gasteiger charge is 2.14. The van der Waals surface area contributed by atoms with Gasteiger partial charge in [-0.05, 0) is 0 Å². The van der Waals surface area contributed by atoms with Crippen molar-refractivity contribution in [2.24, 2.45) is 0 Å². The minimum atomic E-state index is -0.506. The van der Waals surface area contributed by atoms with Gasteiger partial charge < -0.3 is 4.55 Å². The molecule has 1 heterocycles. The fourth-order valence-corrected chi connectivity index (χ4v) is 3.13. The molecule has 1 atom stereocenters. The lowest BCUT2D eigenvalue weighted by molar-refractivity contribution is 0.610. The van der Waals surface area contributed by atoms with Crippen LogP contribution < -0.4 is 0 Å². The molecule has 36 valence electrons. The van der Waals surface area contributed by atoms with Gasteiger partial charge in [-0.1, -0.05) is 0 Å². The van der Waals surface area contributed by atoms with Crippen LogP contribution in [0.3, 0.4) is 0 Å². The van der Waals surface area contributed by atoms with Crippen LogP contribution in [0.5, 0.6) is 0 Å². The van der Waals surface area contributed by atoms with Crippen molar-refractivity contribution in [2.75, 3.05) is 11.5 Å². The first kappa shape index (κ1) is 4.81. The number of hydrogen-bond donors (Lipinski definition) is 0. The van der Waals surface area contributed by atoms with E-state index in [0.29, 0.717) is 0 Å². The van der Waals surface area contributed by atoms with Crippen molar-refractivity contribution in [3.63, 3.8) is 0 Å². The molecular weight excluding hydrogens is 116 g/mol. The van der Waals surface area contributed by atoms with Crippen LogP contribution in [0, 0.1) is 0 Å². The fraction of sp³-hybridized carbons (Fsp3) is 1.00. The summed E-state index contributed by atoms with van der Waals surface area (Å²) in [6.07, 6.45) is 1.15. The summed E-state index contributed by atoms with van der Waals surface area (Å²) >= 11 is 0. The first-order chi connectivity index (χ1) is 2.89. The predicted molar refractivity (Wildman–Crippen MR) is 30.1 cm³/mol. The van der Waals surface area contributed by atoms with Gasteiger partial charge in [0.05, 0.1) is 10.8 Å². The Labute approximate surface area is 44.1 Å². The lowest BCUT2D eigenvalue weighted by Gasteiger charge is -1.92. The topological polar surface area (TPSA) is 23.1 Å². The molecule has 1 fully saturated rings. The SMILES string of the molecule is [O-][S+]1CCCS1. The largest absolute Gasteiger partial charge is 0.605 e. The highest BCUT2D eigenvalue weighted by molar-refractivity contribution is 8.72. The van der Waals surface area contributed by atoms with Crippen LogP contribution >= 0.6 is 10.8 Å². The van der Waals surface area contributed by atoms with Crippen molar-refractivity contribution in [3.8, 4) is 0 Å². The van der Waals surface area contributed by atoms with Crippen LogP contribution in [-0.2, 0) is 10.2 Å². The van der Waals surface area contributed by atoms with E-state index in [2.05, 4.69) is 0 Å². The summed E-state index contributed by atoms with van der Waals surface area (Å²) in [6.45, 7) is 0. The molecule has 0 saturated carbocycles. The van der Waals surface area contributed by atoms with E-state index in [1.807, 2.05) is 0 Å². The van der Waals surface area contributed by atoms with Crippen LogP contribution in [0.1, 0.15) is 6.42 Å². The first-order valence-electron chi connectivity index (χ1n) is 1.91. The molecule has 0 aromatic rings. The maximum atomic E-state index is 10.3. The summed E-state index contributed by atoms with van der Waals surface area (Å²) in [7, 11) is 1.06. The van der Waals surface area contributed by atoms with Gasteiger partial charge in [0.2, 0.25) is 0 Å². The molecule has 1 unspecified atom stereocenters. The molecule has 1 nitrogen and oxygen atoms in total. The van der Waals surface area contributed by atoms with Gasteiger partial charge in [-0.2, -0.15) is 0 Å². The van der Waals surface area contributed by atoms with Gasteiger partial charge in [-0.25, -0.2) is 0 Å². The lowest BCUT2D eigenvalue weighted by atomic mass is 10.6. The summed E-state index contributed by atoms with van der Waals surface area (Å²) in [4.78, 5) is 0.